The van der Waals surface area contributed by atoms with E-state index in [1.54, 1.807) is 0 Å². The molecule has 52 valence electrons. The van der Waals surface area contributed by atoms with Crippen molar-refractivity contribution in [1.82, 2.24) is 0 Å². The molecule has 0 aromatic rings. The van der Waals surface area contributed by atoms with Crippen LogP contribution in [-0.4, -0.2) is 10.0 Å². The Morgan fingerprint density at radius 2 is 2.22 bits per heavy atom. The molecule has 1 nitrogen and oxygen atoms in total. The molecule has 0 radical (unpaired) electrons. The molecular weight excluding hydrogens is 132 g/mol. The van der Waals surface area contributed by atoms with E-state index in [1.807, 2.05) is 0 Å². The standard InChI is InChI=1S/C7H12OS/c1-6-4-2-3-5-7(6,8)9/h8-9H,1-5H2. The highest BCUT2D eigenvalue weighted by Crippen LogP contribution is 2.34. The minimum atomic E-state index is -0.863. The summed E-state index contributed by atoms with van der Waals surface area (Å²) in [7, 11) is 0. The molecule has 9 heavy (non-hydrogen) atoms. The Balaban J connectivity index is 2.60. The van der Waals surface area contributed by atoms with Crippen LogP contribution in [0.4, 0.5) is 0 Å². The van der Waals surface area contributed by atoms with Crippen LogP contribution in [-0.2, 0) is 0 Å². The number of rotatable bonds is 0. The summed E-state index contributed by atoms with van der Waals surface area (Å²) in [5, 5.41) is 9.41. The van der Waals surface area contributed by atoms with E-state index in [4.69, 9.17) is 0 Å². The highest BCUT2D eigenvalue weighted by Gasteiger charge is 2.27. The SMILES string of the molecule is C=C1CCCCC1(O)S. The maximum absolute atomic E-state index is 9.41. The number of aliphatic hydroxyl groups is 1. The normalized spacial score (nSPS) is 36.9. The maximum atomic E-state index is 9.41. The Hall–Kier alpha value is 0.0500. The Labute approximate surface area is 61.2 Å². The first-order valence-corrected chi connectivity index (χ1v) is 3.71. The first-order valence-electron chi connectivity index (χ1n) is 3.26. The Kier molecular flexibility index (Phi) is 1.87. The average Bonchev–Trinajstić information content (AvgIpc) is 1.77. The summed E-state index contributed by atoms with van der Waals surface area (Å²) in [5.41, 5.74) is 0.872. The predicted molar refractivity (Wildman–Crippen MR) is 41.5 cm³/mol. The minimum absolute atomic E-state index is 0.759. The third-order valence-corrected chi connectivity index (χ3v) is 2.36. The largest absolute Gasteiger partial charge is 0.376 e. The second-order valence-corrected chi connectivity index (χ2v) is 3.37. The van der Waals surface area contributed by atoms with Crippen LogP contribution in [0.25, 0.3) is 0 Å². The second-order valence-electron chi connectivity index (χ2n) is 2.63. The van der Waals surface area contributed by atoms with Gasteiger partial charge >= 0.3 is 0 Å². The fraction of sp³-hybridized carbons (Fsp3) is 0.714. The van der Waals surface area contributed by atoms with Gasteiger partial charge in [-0.2, -0.15) is 0 Å². The van der Waals surface area contributed by atoms with Crippen LogP contribution in [0.15, 0.2) is 12.2 Å². The van der Waals surface area contributed by atoms with Crippen LogP contribution in [0.5, 0.6) is 0 Å². The molecule has 1 aliphatic carbocycles. The van der Waals surface area contributed by atoms with Gasteiger partial charge < -0.3 is 5.11 Å². The lowest BCUT2D eigenvalue weighted by Crippen LogP contribution is -2.26. The molecular formula is C7H12OS. The lowest BCUT2D eigenvalue weighted by molar-refractivity contribution is 0.146. The van der Waals surface area contributed by atoms with Gasteiger partial charge in [0.15, 0.2) is 0 Å². The predicted octanol–water partition coefficient (Wildman–Crippen LogP) is 1.74. The monoisotopic (exact) mass is 144 g/mol. The summed E-state index contributed by atoms with van der Waals surface area (Å²) >= 11 is 4.07. The van der Waals surface area contributed by atoms with Gasteiger partial charge in [0.05, 0.1) is 0 Å². The van der Waals surface area contributed by atoms with Gasteiger partial charge in [-0.25, -0.2) is 0 Å². The first-order chi connectivity index (χ1) is 4.13. The van der Waals surface area contributed by atoms with Crippen LogP contribution < -0.4 is 0 Å². The van der Waals surface area contributed by atoms with Gasteiger partial charge in [0.25, 0.3) is 0 Å². The van der Waals surface area contributed by atoms with E-state index in [0.29, 0.717) is 0 Å². The van der Waals surface area contributed by atoms with Gasteiger partial charge in [-0.15, -0.1) is 12.6 Å². The highest BCUT2D eigenvalue weighted by atomic mass is 32.1. The number of hydrogen-bond donors (Lipinski definition) is 2. The van der Waals surface area contributed by atoms with Gasteiger partial charge in [0.2, 0.25) is 0 Å². The van der Waals surface area contributed by atoms with E-state index in [9.17, 15) is 5.11 Å². The van der Waals surface area contributed by atoms with Crippen molar-refractivity contribution in [3.05, 3.63) is 12.2 Å². The zero-order valence-electron chi connectivity index (χ0n) is 5.43. The molecule has 0 spiro atoms. The van der Waals surface area contributed by atoms with Crippen molar-refractivity contribution in [2.75, 3.05) is 0 Å². The van der Waals surface area contributed by atoms with Crippen molar-refractivity contribution in [1.29, 1.82) is 0 Å². The zero-order valence-corrected chi connectivity index (χ0v) is 6.32. The summed E-state index contributed by atoms with van der Waals surface area (Å²) in [6, 6.07) is 0. The fourth-order valence-corrected chi connectivity index (χ4v) is 1.36. The van der Waals surface area contributed by atoms with Gasteiger partial charge in [0.1, 0.15) is 4.93 Å². The van der Waals surface area contributed by atoms with Crippen molar-refractivity contribution in [2.45, 2.75) is 30.6 Å². The van der Waals surface area contributed by atoms with Crippen molar-refractivity contribution < 1.29 is 5.11 Å². The Morgan fingerprint density at radius 3 is 2.56 bits per heavy atom. The summed E-state index contributed by atoms with van der Waals surface area (Å²) in [6.07, 6.45) is 3.91. The quantitative estimate of drug-likeness (QED) is 0.301. The van der Waals surface area contributed by atoms with Crippen molar-refractivity contribution in [2.24, 2.45) is 0 Å². The summed E-state index contributed by atoms with van der Waals surface area (Å²) in [4.78, 5) is -0.863. The smallest absolute Gasteiger partial charge is 0.129 e. The molecule has 0 bridgehead atoms. The summed E-state index contributed by atoms with van der Waals surface area (Å²) < 4.78 is 0. The molecule has 1 unspecified atom stereocenters. The lowest BCUT2D eigenvalue weighted by atomic mass is 9.93. The van der Waals surface area contributed by atoms with Gasteiger partial charge in [-0.05, 0) is 31.3 Å². The van der Waals surface area contributed by atoms with Crippen LogP contribution in [0.3, 0.4) is 0 Å². The molecule has 1 N–H and O–H groups in total. The van der Waals surface area contributed by atoms with E-state index in [1.165, 1.54) is 0 Å². The molecule has 0 aromatic heterocycles. The van der Waals surface area contributed by atoms with Gasteiger partial charge in [-0.1, -0.05) is 6.58 Å². The molecule has 0 saturated heterocycles. The van der Waals surface area contributed by atoms with Crippen molar-refractivity contribution in [3.63, 3.8) is 0 Å². The van der Waals surface area contributed by atoms with E-state index >= 15 is 0 Å². The average molecular weight is 144 g/mol. The Morgan fingerprint density at radius 1 is 1.56 bits per heavy atom. The fourth-order valence-electron chi connectivity index (χ4n) is 1.09. The van der Waals surface area contributed by atoms with Crippen LogP contribution >= 0.6 is 12.6 Å². The lowest BCUT2D eigenvalue weighted by Gasteiger charge is -2.29. The number of hydrogen-bond acceptors (Lipinski definition) is 2. The minimum Gasteiger partial charge on any atom is -0.376 e. The summed E-state index contributed by atoms with van der Waals surface area (Å²) in [6.45, 7) is 3.74. The zero-order chi connectivity index (χ0) is 6.91. The van der Waals surface area contributed by atoms with Gasteiger partial charge in [0, 0.05) is 0 Å². The molecule has 0 heterocycles. The third kappa shape index (κ3) is 1.49. The number of thiol groups is 1. The molecule has 1 atom stereocenters. The van der Waals surface area contributed by atoms with Crippen molar-refractivity contribution in [3.8, 4) is 0 Å². The third-order valence-electron chi connectivity index (χ3n) is 1.82. The van der Waals surface area contributed by atoms with E-state index in [0.717, 1.165) is 31.3 Å². The van der Waals surface area contributed by atoms with Crippen molar-refractivity contribution >= 4 is 12.6 Å². The maximum Gasteiger partial charge on any atom is 0.129 e. The first kappa shape index (κ1) is 7.16. The molecule has 0 aliphatic heterocycles. The van der Waals surface area contributed by atoms with E-state index in [-0.39, 0.29) is 0 Å². The molecule has 1 aliphatic rings. The van der Waals surface area contributed by atoms with Crippen LogP contribution in [0.2, 0.25) is 0 Å². The molecule has 1 fully saturated rings. The van der Waals surface area contributed by atoms with E-state index < -0.39 is 4.93 Å². The van der Waals surface area contributed by atoms with Crippen LogP contribution in [0.1, 0.15) is 25.7 Å². The topological polar surface area (TPSA) is 20.2 Å². The summed E-state index contributed by atoms with van der Waals surface area (Å²) in [5.74, 6) is 0. The second kappa shape index (κ2) is 2.35. The highest BCUT2D eigenvalue weighted by molar-refractivity contribution is 7.81. The molecule has 0 aromatic carbocycles. The molecule has 2 heteroatoms. The van der Waals surface area contributed by atoms with E-state index in [2.05, 4.69) is 19.2 Å². The molecule has 1 saturated carbocycles. The van der Waals surface area contributed by atoms with Crippen LogP contribution in [0, 0.1) is 0 Å². The molecule has 1 rings (SSSR count). The Bertz CT molecular complexity index is 129. The molecule has 0 amide bonds. The van der Waals surface area contributed by atoms with Gasteiger partial charge in [-0.3, -0.25) is 0 Å².